The van der Waals surface area contributed by atoms with Gasteiger partial charge in [0.1, 0.15) is 0 Å². The quantitative estimate of drug-likeness (QED) is 0.888. The van der Waals surface area contributed by atoms with Gasteiger partial charge in [-0.15, -0.1) is 0 Å². The van der Waals surface area contributed by atoms with Gasteiger partial charge in [0, 0.05) is 25.4 Å². The smallest absolute Gasteiger partial charge is 0.177 e. The lowest BCUT2D eigenvalue weighted by atomic mass is 10.1. The molecule has 0 spiro atoms. The Morgan fingerprint density at radius 3 is 2.76 bits per heavy atom. The molecular weight excluding hydrogens is 288 g/mol. The van der Waals surface area contributed by atoms with Crippen molar-refractivity contribution >= 4 is 15.5 Å². The van der Waals surface area contributed by atoms with E-state index in [-0.39, 0.29) is 6.04 Å². The Hall–Kier alpha value is -1.11. The highest BCUT2D eigenvalue weighted by Crippen LogP contribution is 2.27. The van der Waals surface area contributed by atoms with Crippen LogP contribution in [0, 0.1) is 0 Å². The van der Waals surface area contributed by atoms with Gasteiger partial charge in [-0.25, -0.2) is 8.42 Å². The van der Waals surface area contributed by atoms with Crippen LogP contribution in [0.15, 0.2) is 29.2 Å². The first-order valence-corrected chi connectivity index (χ1v) is 9.15. The van der Waals surface area contributed by atoms with Crippen LogP contribution >= 0.6 is 0 Å². The number of hydrogen-bond donors (Lipinski definition) is 1. The molecule has 1 aromatic rings. The van der Waals surface area contributed by atoms with Gasteiger partial charge in [0.2, 0.25) is 0 Å². The molecule has 0 bridgehead atoms. The van der Waals surface area contributed by atoms with Gasteiger partial charge in [-0.3, -0.25) is 0 Å². The zero-order valence-corrected chi connectivity index (χ0v) is 13.7. The summed E-state index contributed by atoms with van der Waals surface area (Å²) in [6.45, 7) is 6.90. The highest BCUT2D eigenvalue weighted by Gasteiger charge is 2.27. The van der Waals surface area contributed by atoms with Crippen molar-refractivity contribution < 1.29 is 13.2 Å². The van der Waals surface area contributed by atoms with E-state index in [1.165, 1.54) is 6.26 Å². The Kier molecular flexibility index (Phi) is 5.24. The van der Waals surface area contributed by atoms with Gasteiger partial charge >= 0.3 is 0 Å². The topological polar surface area (TPSA) is 58.6 Å². The first-order valence-electron chi connectivity index (χ1n) is 7.26. The number of morpholine rings is 1. The van der Waals surface area contributed by atoms with Crippen LogP contribution < -0.4 is 10.2 Å². The molecule has 1 aromatic carbocycles. The summed E-state index contributed by atoms with van der Waals surface area (Å²) in [7, 11) is -3.24. The summed E-state index contributed by atoms with van der Waals surface area (Å²) >= 11 is 0. The fourth-order valence-corrected chi connectivity index (χ4v) is 3.41. The molecule has 1 unspecified atom stereocenters. The Bertz CT molecular complexity index is 572. The number of sulfone groups is 1. The molecular formula is C15H24N2O3S. The van der Waals surface area contributed by atoms with Crippen LogP contribution in [0.5, 0.6) is 0 Å². The summed E-state index contributed by atoms with van der Waals surface area (Å²) in [5, 5.41) is 3.40. The number of nitrogens with one attached hydrogen (secondary N) is 1. The number of rotatable bonds is 5. The normalized spacial score (nSPS) is 20.0. The summed E-state index contributed by atoms with van der Waals surface area (Å²) in [4.78, 5) is 2.54. The molecule has 1 fully saturated rings. The third kappa shape index (κ3) is 4.18. The molecule has 5 nitrogen and oxygen atoms in total. The van der Waals surface area contributed by atoms with Crippen molar-refractivity contribution in [2.24, 2.45) is 0 Å². The molecule has 1 saturated heterocycles. The minimum absolute atomic E-state index is 0.143. The minimum Gasteiger partial charge on any atom is -0.377 e. The molecule has 0 aromatic heterocycles. The maximum absolute atomic E-state index is 12.0. The van der Waals surface area contributed by atoms with E-state index in [0.29, 0.717) is 30.7 Å². The monoisotopic (exact) mass is 312 g/mol. The molecule has 6 heteroatoms. The van der Waals surface area contributed by atoms with E-state index < -0.39 is 9.84 Å². The second kappa shape index (κ2) is 6.77. The van der Waals surface area contributed by atoms with Crippen LogP contribution in [0.2, 0.25) is 0 Å². The zero-order chi connectivity index (χ0) is 15.5. The SMILES string of the molecule is CC(C)NCC1COCCN1c1ccccc1S(C)(=O)=O. The lowest BCUT2D eigenvalue weighted by Crippen LogP contribution is -2.51. The lowest BCUT2D eigenvalue weighted by Gasteiger charge is -2.38. The summed E-state index contributed by atoms with van der Waals surface area (Å²) < 4.78 is 29.6. The highest BCUT2D eigenvalue weighted by molar-refractivity contribution is 7.90. The molecule has 1 aliphatic heterocycles. The molecule has 2 rings (SSSR count). The average molecular weight is 312 g/mol. The van der Waals surface area contributed by atoms with Gasteiger partial charge in [0.25, 0.3) is 0 Å². The predicted octanol–water partition coefficient (Wildman–Crippen LogP) is 1.29. The largest absolute Gasteiger partial charge is 0.377 e. The van der Waals surface area contributed by atoms with E-state index in [1.807, 2.05) is 12.1 Å². The van der Waals surface area contributed by atoms with Crippen molar-refractivity contribution in [3.8, 4) is 0 Å². The minimum atomic E-state index is -3.24. The van der Waals surface area contributed by atoms with Crippen molar-refractivity contribution in [3.63, 3.8) is 0 Å². The Morgan fingerprint density at radius 2 is 2.10 bits per heavy atom. The number of benzene rings is 1. The summed E-state index contributed by atoms with van der Waals surface area (Å²) in [6, 6.07) is 7.73. The van der Waals surface area contributed by atoms with Crippen molar-refractivity contribution in [2.45, 2.75) is 30.8 Å². The molecule has 0 radical (unpaired) electrons. The van der Waals surface area contributed by atoms with Crippen molar-refractivity contribution in [1.29, 1.82) is 0 Å². The van der Waals surface area contributed by atoms with Gasteiger partial charge in [0.15, 0.2) is 9.84 Å². The van der Waals surface area contributed by atoms with Crippen LogP contribution in [0.25, 0.3) is 0 Å². The highest BCUT2D eigenvalue weighted by atomic mass is 32.2. The molecule has 1 atom stereocenters. The van der Waals surface area contributed by atoms with Crippen LogP contribution in [-0.2, 0) is 14.6 Å². The number of anilines is 1. The fourth-order valence-electron chi connectivity index (χ4n) is 2.52. The van der Waals surface area contributed by atoms with Crippen LogP contribution in [-0.4, -0.2) is 53.1 Å². The van der Waals surface area contributed by atoms with Crippen molar-refractivity contribution in [1.82, 2.24) is 5.32 Å². The second-order valence-electron chi connectivity index (χ2n) is 5.72. The van der Waals surface area contributed by atoms with E-state index in [2.05, 4.69) is 24.1 Å². The molecule has 1 aliphatic rings. The molecule has 21 heavy (non-hydrogen) atoms. The summed E-state index contributed by atoms with van der Waals surface area (Å²) in [6.07, 6.45) is 1.26. The van der Waals surface area contributed by atoms with Crippen molar-refractivity contribution in [2.75, 3.05) is 37.5 Å². The van der Waals surface area contributed by atoms with Crippen LogP contribution in [0.3, 0.4) is 0 Å². The number of ether oxygens (including phenoxy) is 1. The molecule has 118 valence electrons. The Balaban J connectivity index is 2.29. The molecule has 0 saturated carbocycles. The third-order valence-electron chi connectivity index (χ3n) is 3.56. The van der Waals surface area contributed by atoms with Gasteiger partial charge in [-0.1, -0.05) is 26.0 Å². The van der Waals surface area contributed by atoms with Gasteiger partial charge < -0.3 is 15.0 Å². The van der Waals surface area contributed by atoms with E-state index in [9.17, 15) is 8.42 Å². The fraction of sp³-hybridized carbons (Fsp3) is 0.600. The van der Waals surface area contributed by atoms with E-state index in [1.54, 1.807) is 12.1 Å². The number of nitrogens with zero attached hydrogens (tertiary/aromatic N) is 1. The van der Waals surface area contributed by atoms with Gasteiger partial charge in [0.05, 0.1) is 29.8 Å². The number of para-hydroxylation sites is 1. The average Bonchev–Trinajstić information content (AvgIpc) is 2.44. The van der Waals surface area contributed by atoms with Crippen molar-refractivity contribution in [3.05, 3.63) is 24.3 Å². The molecule has 0 aliphatic carbocycles. The lowest BCUT2D eigenvalue weighted by molar-refractivity contribution is 0.0929. The van der Waals surface area contributed by atoms with Gasteiger partial charge in [-0.2, -0.15) is 0 Å². The third-order valence-corrected chi connectivity index (χ3v) is 4.71. The summed E-state index contributed by atoms with van der Waals surface area (Å²) in [5.74, 6) is 0. The first kappa shape index (κ1) is 16.3. The molecule has 0 amide bonds. The van der Waals surface area contributed by atoms with E-state index >= 15 is 0 Å². The molecule has 1 heterocycles. The maximum atomic E-state index is 12.0. The zero-order valence-electron chi connectivity index (χ0n) is 12.9. The molecule has 1 N–H and O–H groups in total. The van der Waals surface area contributed by atoms with Crippen LogP contribution in [0.4, 0.5) is 5.69 Å². The first-order chi connectivity index (χ1) is 9.89. The predicted molar refractivity (Wildman–Crippen MR) is 84.6 cm³/mol. The summed E-state index contributed by atoms with van der Waals surface area (Å²) in [5.41, 5.74) is 0.777. The standard InChI is InChI=1S/C15H24N2O3S/c1-12(2)16-10-13-11-20-9-8-17(13)14-6-4-5-7-15(14)21(3,18)19/h4-7,12-13,16H,8-11H2,1-3H3. The van der Waals surface area contributed by atoms with Gasteiger partial charge in [-0.05, 0) is 12.1 Å². The number of hydrogen-bond acceptors (Lipinski definition) is 5. The Labute approximate surface area is 127 Å². The Morgan fingerprint density at radius 1 is 1.38 bits per heavy atom. The maximum Gasteiger partial charge on any atom is 0.177 e. The van der Waals surface area contributed by atoms with Crippen LogP contribution in [0.1, 0.15) is 13.8 Å². The van der Waals surface area contributed by atoms with E-state index in [4.69, 9.17) is 4.74 Å². The van der Waals surface area contributed by atoms with E-state index in [0.717, 1.165) is 12.2 Å². The second-order valence-corrected chi connectivity index (χ2v) is 7.71.